The Morgan fingerprint density at radius 2 is 2.21 bits per heavy atom. The zero-order chi connectivity index (χ0) is 10.7. The van der Waals surface area contributed by atoms with Gasteiger partial charge in [-0.3, -0.25) is 0 Å². The van der Waals surface area contributed by atoms with E-state index < -0.39 is 18.1 Å². The summed E-state index contributed by atoms with van der Waals surface area (Å²) in [6.07, 6.45) is -3.05. The number of alkyl halides is 2. The molecular weight excluding hydrogens is 308 g/mol. The molecule has 2 nitrogen and oxygen atoms in total. The normalized spacial score (nSPS) is 10.3. The molecule has 0 radical (unpaired) electrons. The Kier molecular flexibility index (Phi) is 3.69. The van der Waals surface area contributed by atoms with Gasteiger partial charge in [-0.15, -0.1) is 0 Å². The molecule has 0 atom stereocenters. The summed E-state index contributed by atoms with van der Waals surface area (Å²) in [5.74, 6) is -0.952. The molecule has 6 heteroatoms. The summed E-state index contributed by atoms with van der Waals surface area (Å²) >= 11 is 1.70. The van der Waals surface area contributed by atoms with Gasteiger partial charge < -0.3 is 0 Å². The first kappa shape index (κ1) is 11.2. The van der Waals surface area contributed by atoms with Gasteiger partial charge in [0.1, 0.15) is 5.69 Å². The van der Waals surface area contributed by atoms with Crippen molar-refractivity contribution in [3.8, 4) is 6.07 Å². The van der Waals surface area contributed by atoms with E-state index in [0.29, 0.717) is 3.57 Å². The minimum Gasteiger partial charge on any atom is -0.218 e. The molecule has 0 saturated carbocycles. The number of halogens is 4. The number of hydrogen-bond acceptors (Lipinski definition) is 2. The second-order valence-electron chi connectivity index (χ2n) is 2.43. The van der Waals surface area contributed by atoms with E-state index in [2.05, 4.69) is 4.98 Å². The third-order valence-corrected chi connectivity index (χ3v) is 2.50. The summed E-state index contributed by atoms with van der Waals surface area (Å²) in [4.78, 5) is 3.08. The number of rotatable bonds is 2. The van der Waals surface area contributed by atoms with Gasteiger partial charge in [0.05, 0.1) is 12.5 Å². The number of nitriles is 1. The summed E-state index contributed by atoms with van der Waals surface area (Å²) in [5.41, 5.74) is -0.541. The van der Waals surface area contributed by atoms with Crippen molar-refractivity contribution in [2.75, 3.05) is 0 Å². The van der Waals surface area contributed by atoms with Crippen LogP contribution in [0, 0.1) is 20.8 Å². The van der Waals surface area contributed by atoms with Gasteiger partial charge in [-0.25, -0.2) is 13.8 Å². The van der Waals surface area contributed by atoms with Crippen LogP contribution in [0.5, 0.6) is 0 Å². The van der Waals surface area contributed by atoms with Crippen LogP contribution in [0.25, 0.3) is 0 Å². The van der Waals surface area contributed by atoms with Gasteiger partial charge in [-0.2, -0.15) is 9.65 Å². The number of nitrogens with zero attached hydrogens (tertiary/aromatic N) is 2. The maximum Gasteiger partial charge on any atom is 0.280 e. The summed E-state index contributed by atoms with van der Waals surface area (Å²) in [7, 11) is 0. The van der Waals surface area contributed by atoms with Crippen LogP contribution in [0.2, 0.25) is 0 Å². The van der Waals surface area contributed by atoms with Gasteiger partial charge >= 0.3 is 0 Å². The molecule has 0 aliphatic heterocycles. The molecule has 1 heterocycles. The van der Waals surface area contributed by atoms with Crippen molar-refractivity contribution < 1.29 is 13.2 Å². The Hall–Kier alpha value is -0.840. The lowest BCUT2D eigenvalue weighted by Crippen LogP contribution is -2.03. The van der Waals surface area contributed by atoms with E-state index in [0.717, 1.165) is 6.07 Å². The number of pyridine rings is 1. The smallest absolute Gasteiger partial charge is 0.218 e. The highest BCUT2D eigenvalue weighted by Crippen LogP contribution is 2.25. The Morgan fingerprint density at radius 3 is 2.71 bits per heavy atom. The second kappa shape index (κ2) is 4.59. The Labute approximate surface area is 91.9 Å². The van der Waals surface area contributed by atoms with E-state index in [9.17, 15) is 13.2 Å². The molecule has 0 aliphatic carbocycles. The zero-order valence-corrected chi connectivity index (χ0v) is 8.93. The van der Waals surface area contributed by atoms with Crippen molar-refractivity contribution in [2.45, 2.75) is 12.8 Å². The molecule has 0 unspecified atom stereocenters. The molecule has 74 valence electrons. The van der Waals surface area contributed by atoms with Crippen LogP contribution in [0.3, 0.4) is 0 Å². The predicted molar refractivity (Wildman–Crippen MR) is 51.2 cm³/mol. The van der Waals surface area contributed by atoms with Crippen molar-refractivity contribution in [2.24, 2.45) is 0 Å². The lowest BCUT2D eigenvalue weighted by molar-refractivity contribution is 0.143. The monoisotopic (exact) mass is 312 g/mol. The quantitative estimate of drug-likeness (QED) is 0.622. The molecule has 1 aromatic rings. The maximum atomic E-state index is 12.7. The van der Waals surface area contributed by atoms with Crippen LogP contribution in [0.15, 0.2) is 6.07 Å². The van der Waals surface area contributed by atoms with E-state index in [-0.39, 0.29) is 12.0 Å². The van der Waals surface area contributed by atoms with Crippen LogP contribution < -0.4 is 0 Å². The van der Waals surface area contributed by atoms with E-state index >= 15 is 0 Å². The number of hydrogen-bond donors (Lipinski definition) is 0. The van der Waals surface area contributed by atoms with Crippen LogP contribution in [0.1, 0.15) is 17.7 Å². The summed E-state index contributed by atoms with van der Waals surface area (Å²) in [6.45, 7) is 0. The molecule has 0 fully saturated rings. The first-order valence-corrected chi connectivity index (χ1v) is 4.64. The van der Waals surface area contributed by atoms with Crippen molar-refractivity contribution >= 4 is 22.6 Å². The van der Waals surface area contributed by atoms with Gasteiger partial charge in [-0.05, 0) is 22.6 Å². The van der Waals surface area contributed by atoms with Crippen molar-refractivity contribution in [1.29, 1.82) is 5.26 Å². The largest absolute Gasteiger partial charge is 0.280 e. The summed E-state index contributed by atoms with van der Waals surface area (Å²) in [5, 5.41) is 8.40. The minimum atomic E-state index is -2.86. The van der Waals surface area contributed by atoms with E-state index in [1.54, 1.807) is 28.7 Å². The van der Waals surface area contributed by atoms with Gasteiger partial charge in [0.2, 0.25) is 5.95 Å². The van der Waals surface area contributed by atoms with Gasteiger partial charge in [0, 0.05) is 15.2 Å². The molecule has 1 aromatic heterocycles. The topological polar surface area (TPSA) is 36.7 Å². The molecule has 0 bridgehead atoms. The van der Waals surface area contributed by atoms with Crippen molar-refractivity contribution in [3.05, 3.63) is 26.8 Å². The second-order valence-corrected chi connectivity index (χ2v) is 3.59. The van der Waals surface area contributed by atoms with Gasteiger partial charge in [0.25, 0.3) is 6.43 Å². The molecule has 0 spiro atoms. The zero-order valence-electron chi connectivity index (χ0n) is 6.77. The fourth-order valence-corrected chi connectivity index (χ4v) is 1.69. The van der Waals surface area contributed by atoms with Crippen molar-refractivity contribution in [3.63, 3.8) is 0 Å². The average Bonchev–Trinajstić information content (AvgIpc) is 2.09. The highest BCUT2D eigenvalue weighted by Gasteiger charge is 2.18. The lowest BCUT2D eigenvalue weighted by Gasteiger charge is -2.06. The molecule has 0 aliphatic rings. The molecular formula is C8H4F3IN2. The van der Waals surface area contributed by atoms with Crippen LogP contribution in [-0.4, -0.2) is 4.98 Å². The van der Waals surface area contributed by atoms with Crippen molar-refractivity contribution in [1.82, 2.24) is 4.98 Å². The maximum absolute atomic E-state index is 12.7. The third-order valence-electron chi connectivity index (χ3n) is 1.53. The van der Waals surface area contributed by atoms with Gasteiger partial charge in [-0.1, -0.05) is 0 Å². The van der Waals surface area contributed by atoms with Crippen LogP contribution in [0.4, 0.5) is 13.2 Å². The molecule has 0 amide bonds. The predicted octanol–water partition coefficient (Wildman–Crippen LogP) is 2.83. The van der Waals surface area contributed by atoms with E-state index in [1.165, 1.54) is 0 Å². The third kappa shape index (κ3) is 2.35. The molecule has 0 aromatic carbocycles. The SMILES string of the molecule is N#CCc1c(I)cc(F)nc1C(F)F. The first-order valence-electron chi connectivity index (χ1n) is 3.56. The molecule has 0 N–H and O–H groups in total. The summed E-state index contributed by atoms with van der Waals surface area (Å²) < 4.78 is 37.7. The van der Waals surface area contributed by atoms with Crippen LogP contribution in [-0.2, 0) is 6.42 Å². The minimum absolute atomic E-state index is 0.101. The highest BCUT2D eigenvalue weighted by atomic mass is 127. The fraction of sp³-hybridized carbons (Fsp3) is 0.250. The molecule has 14 heavy (non-hydrogen) atoms. The Morgan fingerprint density at radius 1 is 1.57 bits per heavy atom. The Bertz CT molecular complexity index is 387. The van der Waals surface area contributed by atoms with E-state index in [4.69, 9.17) is 5.26 Å². The average molecular weight is 312 g/mol. The molecule has 1 rings (SSSR count). The fourth-order valence-electron chi connectivity index (χ4n) is 0.963. The lowest BCUT2D eigenvalue weighted by atomic mass is 10.1. The first-order chi connectivity index (χ1) is 6.56. The van der Waals surface area contributed by atoms with E-state index in [1.807, 2.05) is 0 Å². The number of aromatic nitrogens is 1. The van der Waals surface area contributed by atoms with Gasteiger partial charge in [0.15, 0.2) is 0 Å². The summed E-state index contributed by atoms with van der Waals surface area (Å²) in [6, 6.07) is 2.77. The Balaban J connectivity index is 3.30. The van der Waals surface area contributed by atoms with Crippen LogP contribution >= 0.6 is 22.6 Å². The highest BCUT2D eigenvalue weighted by molar-refractivity contribution is 14.1. The standard InChI is InChI=1S/C8H4F3IN2/c9-6-3-5(12)4(1-2-13)7(14-6)8(10)11/h3,8H,1H2. The molecule has 0 saturated heterocycles.